The number of phenols is 1. The van der Waals surface area contributed by atoms with E-state index in [1.54, 1.807) is 12.1 Å². The van der Waals surface area contributed by atoms with Crippen LogP contribution in [0.1, 0.15) is 39.0 Å². The summed E-state index contributed by atoms with van der Waals surface area (Å²) in [7, 11) is 0. The Labute approximate surface area is 107 Å². The first-order valence-electron chi connectivity index (χ1n) is 5.92. The lowest BCUT2D eigenvalue weighted by molar-refractivity contribution is -0.116. The van der Waals surface area contributed by atoms with E-state index in [1.165, 1.54) is 6.07 Å². The highest BCUT2D eigenvalue weighted by molar-refractivity contribution is 6.31. The van der Waals surface area contributed by atoms with Crippen LogP contribution in [0.3, 0.4) is 0 Å². The molecule has 0 aliphatic carbocycles. The second-order valence-electron chi connectivity index (χ2n) is 4.02. The van der Waals surface area contributed by atoms with Gasteiger partial charge in [-0.2, -0.15) is 0 Å². The fourth-order valence-electron chi connectivity index (χ4n) is 1.53. The van der Waals surface area contributed by atoms with Gasteiger partial charge in [0.2, 0.25) is 5.91 Å². The van der Waals surface area contributed by atoms with Crippen LogP contribution in [-0.2, 0) is 4.79 Å². The Morgan fingerprint density at radius 3 is 2.82 bits per heavy atom. The number of benzene rings is 1. The van der Waals surface area contributed by atoms with Crippen molar-refractivity contribution in [3.63, 3.8) is 0 Å². The minimum atomic E-state index is -0.0846. The van der Waals surface area contributed by atoms with Gasteiger partial charge in [-0.25, -0.2) is 0 Å². The molecular weight excluding hydrogens is 238 g/mol. The molecule has 0 aliphatic rings. The van der Waals surface area contributed by atoms with E-state index in [0.717, 1.165) is 25.7 Å². The van der Waals surface area contributed by atoms with Gasteiger partial charge in [0.15, 0.2) is 0 Å². The van der Waals surface area contributed by atoms with Gasteiger partial charge in [-0.1, -0.05) is 37.8 Å². The van der Waals surface area contributed by atoms with Crippen LogP contribution in [0.15, 0.2) is 18.2 Å². The van der Waals surface area contributed by atoms with Crippen molar-refractivity contribution in [3.8, 4) is 5.75 Å². The van der Waals surface area contributed by atoms with E-state index in [2.05, 4.69) is 12.2 Å². The van der Waals surface area contributed by atoms with Crippen LogP contribution in [0.2, 0.25) is 5.02 Å². The SMILES string of the molecule is CCCCCCC(=O)Nc1cc(Cl)ccc1O. The van der Waals surface area contributed by atoms with Crippen LogP contribution in [0, 0.1) is 0 Å². The Balaban J connectivity index is 2.42. The Morgan fingerprint density at radius 2 is 2.12 bits per heavy atom. The van der Waals surface area contributed by atoms with Gasteiger partial charge >= 0.3 is 0 Å². The molecule has 3 nitrogen and oxygen atoms in total. The second kappa shape index (κ2) is 7.17. The van der Waals surface area contributed by atoms with Crippen LogP contribution in [0.25, 0.3) is 0 Å². The largest absolute Gasteiger partial charge is 0.506 e. The summed E-state index contributed by atoms with van der Waals surface area (Å²) in [6.45, 7) is 2.13. The molecular formula is C13H18ClNO2. The summed E-state index contributed by atoms with van der Waals surface area (Å²) >= 11 is 5.78. The van der Waals surface area contributed by atoms with Gasteiger partial charge < -0.3 is 10.4 Å². The molecule has 0 saturated carbocycles. The monoisotopic (exact) mass is 255 g/mol. The van der Waals surface area contributed by atoms with Crippen LogP contribution in [0.4, 0.5) is 5.69 Å². The van der Waals surface area contributed by atoms with Gasteiger partial charge in [-0.05, 0) is 24.6 Å². The van der Waals surface area contributed by atoms with Crippen molar-refractivity contribution < 1.29 is 9.90 Å². The molecule has 0 fully saturated rings. The highest BCUT2D eigenvalue weighted by Gasteiger charge is 2.06. The average molecular weight is 256 g/mol. The van der Waals surface area contributed by atoms with Crippen LogP contribution in [-0.4, -0.2) is 11.0 Å². The third kappa shape index (κ3) is 5.09. The highest BCUT2D eigenvalue weighted by atomic mass is 35.5. The minimum Gasteiger partial charge on any atom is -0.506 e. The number of phenolic OH excluding ortho intramolecular Hbond substituents is 1. The number of amides is 1. The molecule has 0 aromatic heterocycles. The van der Waals surface area contributed by atoms with Gasteiger partial charge in [-0.15, -0.1) is 0 Å². The molecule has 0 heterocycles. The number of anilines is 1. The highest BCUT2D eigenvalue weighted by Crippen LogP contribution is 2.26. The lowest BCUT2D eigenvalue weighted by atomic mass is 10.1. The van der Waals surface area contributed by atoms with Gasteiger partial charge in [0.25, 0.3) is 0 Å². The molecule has 0 aliphatic heterocycles. The minimum absolute atomic E-state index is 0.0382. The molecule has 0 bridgehead atoms. The molecule has 0 unspecified atom stereocenters. The van der Waals surface area contributed by atoms with Crippen LogP contribution < -0.4 is 5.32 Å². The molecule has 4 heteroatoms. The Hall–Kier alpha value is -1.22. The van der Waals surface area contributed by atoms with Gasteiger partial charge in [-0.3, -0.25) is 4.79 Å². The summed E-state index contributed by atoms with van der Waals surface area (Å²) in [5.41, 5.74) is 0.373. The van der Waals surface area contributed by atoms with E-state index in [4.69, 9.17) is 11.6 Å². The predicted molar refractivity (Wildman–Crippen MR) is 70.5 cm³/mol. The molecule has 0 saturated heterocycles. The van der Waals surface area contributed by atoms with Crippen molar-refractivity contribution in [1.29, 1.82) is 0 Å². The normalized spacial score (nSPS) is 10.2. The Morgan fingerprint density at radius 1 is 1.35 bits per heavy atom. The number of unbranched alkanes of at least 4 members (excludes halogenated alkanes) is 3. The molecule has 1 rings (SSSR count). The van der Waals surface area contributed by atoms with Crippen molar-refractivity contribution in [3.05, 3.63) is 23.2 Å². The number of hydrogen-bond donors (Lipinski definition) is 2. The number of carbonyl (C=O) groups is 1. The summed E-state index contributed by atoms with van der Waals surface area (Å²) in [6.07, 6.45) is 4.71. The molecule has 1 amide bonds. The first-order valence-corrected chi connectivity index (χ1v) is 6.29. The molecule has 2 N–H and O–H groups in total. The summed E-state index contributed by atoms with van der Waals surface area (Å²) in [5.74, 6) is -0.0463. The van der Waals surface area contributed by atoms with E-state index >= 15 is 0 Å². The zero-order valence-corrected chi connectivity index (χ0v) is 10.8. The molecule has 0 spiro atoms. The fraction of sp³-hybridized carbons (Fsp3) is 0.462. The second-order valence-corrected chi connectivity index (χ2v) is 4.46. The lowest BCUT2D eigenvalue weighted by Crippen LogP contribution is -2.11. The van der Waals surface area contributed by atoms with Gasteiger partial charge in [0, 0.05) is 11.4 Å². The zero-order valence-electron chi connectivity index (χ0n) is 10.0. The summed E-state index contributed by atoms with van der Waals surface area (Å²) in [4.78, 5) is 11.6. The van der Waals surface area contributed by atoms with Crippen LogP contribution in [0.5, 0.6) is 5.75 Å². The maximum absolute atomic E-state index is 11.6. The van der Waals surface area contributed by atoms with E-state index in [9.17, 15) is 9.90 Å². The fourth-order valence-corrected chi connectivity index (χ4v) is 1.71. The van der Waals surface area contributed by atoms with Crippen molar-refractivity contribution in [2.75, 3.05) is 5.32 Å². The average Bonchev–Trinajstić information content (AvgIpc) is 2.29. The van der Waals surface area contributed by atoms with Gasteiger partial charge in [0.05, 0.1) is 5.69 Å². The summed E-state index contributed by atoms with van der Waals surface area (Å²) in [6, 6.07) is 4.59. The number of rotatable bonds is 6. The molecule has 1 aromatic carbocycles. The number of nitrogens with one attached hydrogen (secondary N) is 1. The van der Waals surface area contributed by atoms with E-state index in [-0.39, 0.29) is 11.7 Å². The zero-order chi connectivity index (χ0) is 12.7. The summed E-state index contributed by atoms with van der Waals surface area (Å²) in [5, 5.41) is 12.7. The molecule has 1 aromatic rings. The van der Waals surface area contributed by atoms with Crippen LogP contribution >= 0.6 is 11.6 Å². The van der Waals surface area contributed by atoms with E-state index < -0.39 is 0 Å². The Bertz CT molecular complexity index is 380. The van der Waals surface area contributed by atoms with Gasteiger partial charge in [0.1, 0.15) is 5.75 Å². The smallest absolute Gasteiger partial charge is 0.224 e. The van der Waals surface area contributed by atoms with Crippen molar-refractivity contribution >= 4 is 23.2 Å². The molecule has 94 valence electrons. The lowest BCUT2D eigenvalue weighted by Gasteiger charge is -2.07. The Kier molecular flexibility index (Phi) is 5.84. The third-order valence-electron chi connectivity index (χ3n) is 2.49. The number of aromatic hydroxyl groups is 1. The summed E-state index contributed by atoms with van der Waals surface area (Å²) < 4.78 is 0. The van der Waals surface area contributed by atoms with E-state index in [0.29, 0.717) is 17.1 Å². The topological polar surface area (TPSA) is 49.3 Å². The first-order chi connectivity index (χ1) is 8.13. The third-order valence-corrected chi connectivity index (χ3v) is 2.73. The van der Waals surface area contributed by atoms with Crippen molar-refractivity contribution in [2.24, 2.45) is 0 Å². The van der Waals surface area contributed by atoms with Crippen molar-refractivity contribution in [2.45, 2.75) is 39.0 Å². The number of carbonyl (C=O) groups excluding carboxylic acids is 1. The number of halogens is 1. The maximum atomic E-state index is 11.6. The predicted octanol–water partition coefficient (Wildman–Crippen LogP) is 3.95. The molecule has 17 heavy (non-hydrogen) atoms. The molecule has 0 atom stereocenters. The standard InChI is InChI=1S/C13H18ClNO2/c1-2-3-4-5-6-13(17)15-11-9-10(14)7-8-12(11)16/h7-9,16H,2-6H2,1H3,(H,15,17). The van der Waals surface area contributed by atoms with E-state index in [1.807, 2.05) is 0 Å². The maximum Gasteiger partial charge on any atom is 0.224 e. The first kappa shape index (κ1) is 13.8. The molecule has 0 radical (unpaired) electrons. The quantitative estimate of drug-likeness (QED) is 0.597. The van der Waals surface area contributed by atoms with Crippen molar-refractivity contribution in [1.82, 2.24) is 0 Å². The number of hydrogen-bond acceptors (Lipinski definition) is 2.